The summed E-state index contributed by atoms with van der Waals surface area (Å²) >= 11 is 0. The zero-order chi connectivity index (χ0) is 24.5. The normalized spacial score (nSPS) is 12.2. The summed E-state index contributed by atoms with van der Waals surface area (Å²) in [6.07, 6.45) is 2.04. The van der Waals surface area contributed by atoms with Crippen molar-refractivity contribution in [2.24, 2.45) is 0 Å². The number of para-hydroxylation sites is 3. The van der Waals surface area contributed by atoms with Crippen molar-refractivity contribution in [1.82, 2.24) is 14.9 Å². The Morgan fingerprint density at radius 3 is 2.03 bits per heavy atom. The summed E-state index contributed by atoms with van der Waals surface area (Å²) in [6, 6.07) is 33.4. The summed E-state index contributed by atoms with van der Waals surface area (Å²) in [5.74, 6) is -0.108. The molecule has 6 aromatic rings. The van der Waals surface area contributed by atoms with Crippen LogP contribution in [0.25, 0.3) is 32.7 Å². The lowest BCUT2D eigenvalue weighted by Gasteiger charge is -2.19. The molecule has 0 aliphatic carbocycles. The van der Waals surface area contributed by atoms with Crippen LogP contribution in [0.3, 0.4) is 0 Å². The van der Waals surface area contributed by atoms with Gasteiger partial charge in [0.1, 0.15) is 6.54 Å². The Morgan fingerprint density at radius 1 is 0.750 bits per heavy atom. The molecule has 1 atom stereocenters. The van der Waals surface area contributed by atoms with Crippen LogP contribution in [0.1, 0.15) is 17.0 Å². The fraction of sp³-hybridized carbons (Fsp3) is 0.0968. The molecule has 0 spiro atoms. The molecular weight excluding hydrogens is 446 g/mol. The largest absolute Gasteiger partial charge is 0.361 e. The number of benzene rings is 4. The van der Waals surface area contributed by atoms with Crippen molar-refractivity contribution in [2.75, 3.05) is 6.54 Å². The topological polar surface area (TPSA) is 66.9 Å². The minimum absolute atomic E-state index is 0.00574. The number of hydrogen-bond donors (Lipinski definition) is 2. The van der Waals surface area contributed by atoms with Gasteiger partial charge in [-0.3, -0.25) is 9.59 Å². The van der Waals surface area contributed by atoms with E-state index in [0.29, 0.717) is 17.3 Å². The smallest absolute Gasteiger partial charge is 0.239 e. The third-order valence-corrected chi connectivity index (χ3v) is 6.88. The maximum Gasteiger partial charge on any atom is 0.239 e. The first kappa shape index (κ1) is 21.9. The molecule has 176 valence electrons. The van der Waals surface area contributed by atoms with E-state index in [1.54, 1.807) is 0 Å². The van der Waals surface area contributed by atoms with E-state index in [0.717, 1.165) is 33.1 Å². The molecule has 6 rings (SSSR count). The van der Waals surface area contributed by atoms with Gasteiger partial charge >= 0.3 is 0 Å². The lowest BCUT2D eigenvalue weighted by atomic mass is 9.91. The lowest BCUT2D eigenvalue weighted by Crippen LogP contribution is -2.32. The summed E-state index contributed by atoms with van der Waals surface area (Å²) in [5.41, 5.74) is 4.87. The fourth-order valence-corrected chi connectivity index (χ4v) is 5.14. The van der Waals surface area contributed by atoms with Crippen LogP contribution < -0.4 is 10.7 Å². The number of fused-ring (bicyclic) bond motifs is 3. The number of rotatable bonds is 6. The first-order valence-corrected chi connectivity index (χ1v) is 12.1. The number of hydrogen-bond acceptors (Lipinski definition) is 2. The van der Waals surface area contributed by atoms with E-state index in [4.69, 9.17) is 0 Å². The molecular formula is C31H25N3O2. The van der Waals surface area contributed by atoms with Crippen molar-refractivity contribution >= 4 is 38.6 Å². The van der Waals surface area contributed by atoms with Gasteiger partial charge in [0.25, 0.3) is 0 Å². The molecule has 0 aliphatic heterocycles. The van der Waals surface area contributed by atoms with Gasteiger partial charge in [-0.05, 0) is 41.5 Å². The van der Waals surface area contributed by atoms with Gasteiger partial charge in [-0.2, -0.15) is 0 Å². The Hall–Kier alpha value is -4.64. The van der Waals surface area contributed by atoms with Crippen LogP contribution in [0.15, 0.2) is 114 Å². The molecule has 5 nitrogen and oxygen atoms in total. The second kappa shape index (κ2) is 9.19. The Kier molecular flexibility index (Phi) is 5.58. The summed E-state index contributed by atoms with van der Waals surface area (Å²) in [5, 5.41) is 5.56. The van der Waals surface area contributed by atoms with Crippen LogP contribution in [0.4, 0.5) is 0 Å². The minimum atomic E-state index is -0.102. The van der Waals surface area contributed by atoms with E-state index < -0.39 is 0 Å². The van der Waals surface area contributed by atoms with Gasteiger partial charge in [0.05, 0.1) is 11.0 Å². The van der Waals surface area contributed by atoms with Crippen molar-refractivity contribution in [1.29, 1.82) is 0 Å². The summed E-state index contributed by atoms with van der Waals surface area (Å²) in [7, 11) is 0. The molecule has 0 fully saturated rings. The third-order valence-electron chi connectivity index (χ3n) is 6.88. The van der Waals surface area contributed by atoms with Crippen LogP contribution in [-0.4, -0.2) is 22.0 Å². The number of nitrogens with zero attached hydrogens (tertiary/aromatic N) is 1. The summed E-state index contributed by atoms with van der Waals surface area (Å²) < 4.78 is 1.94. The molecule has 36 heavy (non-hydrogen) atoms. The highest BCUT2D eigenvalue weighted by molar-refractivity contribution is 5.95. The molecule has 1 unspecified atom stereocenters. The van der Waals surface area contributed by atoms with E-state index in [1.165, 1.54) is 0 Å². The van der Waals surface area contributed by atoms with Gasteiger partial charge in [-0.25, -0.2) is 0 Å². The molecule has 0 saturated carbocycles. The van der Waals surface area contributed by atoms with Gasteiger partial charge in [-0.1, -0.05) is 72.8 Å². The molecule has 5 heteroatoms. The molecule has 1 amide bonds. The number of pyridine rings is 1. The number of carbonyl (C=O) groups excluding carboxylic acids is 1. The molecule has 0 bridgehead atoms. The third kappa shape index (κ3) is 3.85. The van der Waals surface area contributed by atoms with E-state index in [9.17, 15) is 9.59 Å². The molecule has 0 saturated heterocycles. The van der Waals surface area contributed by atoms with Crippen molar-refractivity contribution in [3.63, 3.8) is 0 Å². The highest BCUT2D eigenvalue weighted by Gasteiger charge is 2.20. The number of aromatic nitrogens is 2. The minimum Gasteiger partial charge on any atom is -0.361 e. The number of aromatic amines is 1. The number of H-pyrrole nitrogens is 1. The van der Waals surface area contributed by atoms with Crippen molar-refractivity contribution in [2.45, 2.75) is 12.5 Å². The molecule has 0 aliphatic rings. The van der Waals surface area contributed by atoms with E-state index >= 15 is 0 Å². The fourth-order valence-electron chi connectivity index (χ4n) is 5.14. The van der Waals surface area contributed by atoms with Crippen molar-refractivity contribution in [3.8, 4) is 0 Å². The predicted molar refractivity (Wildman–Crippen MR) is 145 cm³/mol. The van der Waals surface area contributed by atoms with Gasteiger partial charge in [-0.15, -0.1) is 0 Å². The van der Waals surface area contributed by atoms with E-state index in [2.05, 4.69) is 34.6 Å². The van der Waals surface area contributed by atoms with Gasteiger partial charge in [0.15, 0.2) is 5.43 Å². The van der Waals surface area contributed by atoms with Crippen molar-refractivity contribution in [3.05, 3.63) is 131 Å². The monoisotopic (exact) mass is 471 g/mol. The van der Waals surface area contributed by atoms with Crippen LogP contribution in [0.2, 0.25) is 0 Å². The lowest BCUT2D eigenvalue weighted by molar-refractivity contribution is -0.121. The van der Waals surface area contributed by atoms with Crippen molar-refractivity contribution < 1.29 is 4.79 Å². The highest BCUT2D eigenvalue weighted by atomic mass is 16.2. The van der Waals surface area contributed by atoms with Crippen LogP contribution in [-0.2, 0) is 11.3 Å². The zero-order valence-electron chi connectivity index (χ0n) is 19.6. The standard InChI is InChI=1S/C31H25N3O2/c35-30(20-34-28-16-8-5-13-23(28)31(36)24-14-6-9-17-29(24)34)33-18-25(21-10-2-1-3-11-21)26-19-32-27-15-7-4-12-22(26)27/h1-17,19,25,32H,18,20H2,(H,33,35). The first-order valence-electron chi connectivity index (χ1n) is 12.1. The second-order valence-electron chi connectivity index (χ2n) is 9.01. The molecule has 2 N–H and O–H groups in total. The maximum absolute atomic E-state index is 13.3. The highest BCUT2D eigenvalue weighted by Crippen LogP contribution is 2.30. The maximum atomic E-state index is 13.3. The number of nitrogens with one attached hydrogen (secondary N) is 2. The molecule has 2 aromatic heterocycles. The number of amides is 1. The Labute approximate surface area is 208 Å². The predicted octanol–water partition coefficient (Wildman–Crippen LogP) is 5.58. The molecule has 2 heterocycles. The Bertz CT molecular complexity index is 1710. The van der Waals surface area contributed by atoms with Crippen LogP contribution >= 0.6 is 0 Å². The van der Waals surface area contributed by atoms with E-state index in [-0.39, 0.29) is 23.8 Å². The van der Waals surface area contributed by atoms with Crippen LogP contribution in [0.5, 0.6) is 0 Å². The Morgan fingerprint density at radius 2 is 1.33 bits per heavy atom. The van der Waals surface area contributed by atoms with Gasteiger partial charge in [0.2, 0.25) is 5.91 Å². The Balaban J connectivity index is 1.34. The SMILES string of the molecule is O=C(Cn1c2ccccc2c(=O)c2ccccc21)NCC(c1ccccc1)c1c[nH]c2ccccc12. The van der Waals surface area contributed by atoms with Gasteiger partial charge in [0, 0.05) is 40.3 Å². The molecule has 0 radical (unpaired) electrons. The van der Waals surface area contributed by atoms with Crippen LogP contribution in [0, 0.1) is 0 Å². The quantitative estimate of drug-likeness (QED) is 0.311. The summed E-state index contributed by atoms with van der Waals surface area (Å²) in [4.78, 5) is 29.7. The number of carbonyl (C=O) groups is 1. The molecule has 4 aromatic carbocycles. The summed E-state index contributed by atoms with van der Waals surface area (Å²) in [6.45, 7) is 0.581. The first-order chi connectivity index (χ1) is 17.7. The second-order valence-corrected chi connectivity index (χ2v) is 9.01. The average molecular weight is 472 g/mol. The average Bonchev–Trinajstić information content (AvgIpc) is 3.36. The van der Waals surface area contributed by atoms with E-state index in [1.807, 2.05) is 89.6 Å². The van der Waals surface area contributed by atoms with Gasteiger partial charge < -0.3 is 14.9 Å². The zero-order valence-corrected chi connectivity index (χ0v) is 19.6.